The summed E-state index contributed by atoms with van der Waals surface area (Å²) in [6.07, 6.45) is 4.48. The normalized spacial score (nSPS) is 10.1. The predicted octanol–water partition coefficient (Wildman–Crippen LogP) is 1.91. The maximum absolute atomic E-state index is 11.5. The van der Waals surface area contributed by atoms with Gasteiger partial charge in [-0.1, -0.05) is 0 Å². The van der Waals surface area contributed by atoms with Gasteiger partial charge >= 0.3 is 0 Å². The van der Waals surface area contributed by atoms with Gasteiger partial charge < -0.3 is 9.40 Å². The minimum atomic E-state index is -0.362. The number of amides is 1. The van der Waals surface area contributed by atoms with Crippen molar-refractivity contribution in [3.8, 4) is 0 Å². The van der Waals surface area contributed by atoms with Crippen molar-refractivity contribution in [1.29, 1.82) is 0 Å². The van der Waals surface area contributed by atoms with Gasteiger partial charge in [0.1, 0.15) is 0 Å². The molecule has 14 heavy (non-hydrogen) atoms. The van der Waals surface area contributed by atoms with Gasteiger partial charge in [-0.15, -0.1) is 0 Å². The molecule has 0 fully saturated rings. The van der Waals surface area contributed by atoms with Crippen LogP contribution in [0.3, 0.4) is 0 Å². The van der Waals surface area contributed by atoms with Gasteiger partial charge in [0.2, 0.25) is 11.2 Å². The molecule has 2 heterocycles. The monoisotopic (exact) mass is 211 g/mol. The van der Waals surface area contributed by atoms with Crippen molar-refractivity contribution in [2.75, 3.05) is 5.32 Å². The van der Waals surface area contributed by atoms with Crippen LogP contribution in [0.1, 0.15) is 10.4 Å². The lowest BCUT2D eigenvalue weighted by molar-refractivity contribution is 0.102. The van der Waals surface area contributed by atoms with E-state index in [4.69, 9.17) is 16.0 Å². The fourth-order valence-corrected chi connectivity index (χ4v) is 1.16. The van der Waals surface area contributed by atoms with Gasteiger partial charge in [0.15, 0.2) is 0 Å². The molecule has 2 rings (SSSR count). The maximum Gasteiger partial charge on any atom is 0.262 e. The quantitative estimate of drug-likeness (QED) is 0.797. The second-order valence-corrected chi connectivity index (χ2v) is 2.84. The molecule has 0 unspecified atom stereocenters. The molecule has 0 aliphatic carbocycles. The van der Waals surface area contributed by atoms with E-state index in [0.29, 0.717) is 5.95 Å². The number of imidazole rings is 1. The van der Waals surface area contributed by atoms with Crippen molar-refractivity contribution in [1.82, 2.24) is 9.97 Å². The summed E-state index contributed by atoms with van der Waals surface area (Å²) < 4.78 is 4.78. The van der Waals surface area contributed by atoms with Crippen LogP contribution in [0.2, 0.25) is 5.22 Å². The van der Waals surface area contributed by atoms with E-state index in [9.17, 15) is 4.79 Å². The van der Waals surface area contributed by atoms with E-state index in [-0.39, 0.29) is 16.7 Å². The Morgan fingerprint density at radius 1 is 1.64 bits per heavy atom. The smallest absolute Gasteiger partial charge is 0.262 e. The standard InChI is InChI=1S/C8H6ClN3O2/c9-6-5(1-4-14-6)7(13)12-8-10-2-3-11-8/h1-4H,(H2,10,11,12,13). The highest BCUT2D eigenvalue weighted by atomic mass is 35.5. The van der Waals surface area contributed by atoms with Crippen LogP contribution in [0.25, 0.3) is 0 Å². The van der Waals surface area contributed by atoms with Crippen LogP contribution in [0.5, 0.6) is 0 Å². The van der Waals surface area contributed by atoms with Gasteiger partial charge in [-0.25, -0.2) is 4.98 Å². The Morgan fingerprint density at radius 2 is 2.50 bits per heavy atom. The molecular weight excluding hydrogens is 206 g/mol. The number of H-pyrrole nitrogens is 1. The topological polar surface area (TPSA) is 70.9 Å². The summed E-state index contributed by atoms with van der Waals surface area (Å²) in [7, 11) is 0. The lowest BCUT2D eigenvalue weighted by Gasteiger charge is -1.98. The molecule has 2 aromatic rings. The van der Waals surface area contributed by atoms with Gasteiger partial charge in [-0.3, -0.25) is 10.1 Å². The van der Waals surface area contributed by atoms with E-state index in [1.54, 1.807) is 6.20 Å². The number of hydrogen-bond donors (Lipinski definition) is 2. The first-order chi connectivity index (χ1) is 6.77. The van der Waals surface area contributed by atoms with E-state index in [0.717, 1.165) is 0 Å². The first-order valence-electron chi connectivity index (χ1n) is 3.81. The highest BCUT2D eigenvalue weighted by Gasteiger charge is 2.13. The second-order valence-electron chi connectivity index (χ2n) is 2.50. The zero-order valence-electron chi connectivity index (χ0n) is 6.95. The van der Waals surface area contributed by atoms with Crippen molar-refractivity contribution in [3.05, 3.63) is 35.5 Å². The average molecular weight is 212 g/mol. The highest BCUT2D eigenvalue weighted by molar-refractivity contribution is 6.32. The summed E-state index contributed by atoms with van der Waals surface area (Å²) >= 11 is 5.62. The first kappa shape index (κ1) is 8.83. The predicted molar refractivity (Wildman–Crippen MR) is 50.3 cm³/mol. The SMILES string of the molecule is O=C(Nc1ncc[nH]1)c1ccoc1Cl. The van der Waals surface area contributed by atoms with Gasteiger partial charge in [-0.05, 0) is 17.7 Å². The molecule has 2 aromatic heterocycles. The van der Waals surface area contributed by atoms with Crippen LogP contribution < -0.4 is 5.32 Å². The van der Waals surface area contributed by atoms with E-state index >= 15 is 0 Å². The zero-order chi connectivity index (χ0) is 9.97. The molecule has 0 aliphatic rings. The lowest BCUT2D eigenvalue weighted by atomic mass is 10.3. The van der Waals surface area contributed by atoms with Crippen molar-refractivity contribution in [3.63, 3.8) is 0 Å². The Balaban J connectivity index is 2.14. The largest absolute Gasteiger partial charge is 0.452 e. The van der Waals surface area contributed by atoms with Gasteiger partial charge in [-0.2, -0.15) is 0 Å². The summed E-state index contributed by atoms with van der Waals surface area (Å²) in [5.41, 5.74) is 0.281. The molecular formula is C8H6ClN3O2. The number of carbonyl (C=O) groups excluding carboxylic acids is 1. The Labute approximate surface area is 84.1 Å². The number of nitrogens with zero attached hydrogens (tertiary/aromatic N) is 1. The number of anilines is 1. The Kier molecular flexibility index (Phi) is 2.24. The van der Waals surface area contributed by atoms with Crippen molar-refractivity contribution in [2.45, 2.75) is 0 Å². The Bertz CT molecular complexity index is 435. The fraction of sp³-hybridized carbons (Fsp3) is 0. The number of halogens is 1. The maximum atomic E-state index is 11.5. The van der Waals surface area contributed by atoms with Crippen LogP contribution in [-0.4, -0.2) is 15.9 Å². The molecule has 0 aromatic carbocycles. The molecule has 72 valence electrons. The minimum absolute atomic E-state index is 0.0639. The van der Waals surface area contributed by atoms with Gasteiger partial charge in [0.05, 0.1) is 11.8 Å². The van der Waals surface area contributed by atoms with E-state index in [1.165, 1.54) is 18.5 Å². The molecule has 0 spiro atoms. The molecule has 0 aliphatic heterocycles. The molecule has 0 saturated heterocycles. The zero-order valence-corrected chi connectivity index (χ0v) is 7.71. The van der Waals surface area contributed by atoms with Gasteiger partial charge in [0.25, 0.3) is 5.91 Å². The van der Waals surface area contributed by atoms with Gasteiger partial charge in [0, 0.05) is 12.4 Å². The number of hydrogen-bond acceptors (Lipinski definition) is 3. The van der Waals surface area contributed by atoms with E-state index in [1.807, 2.05) is 0 Å². The minimum Gasteiger partial charge on any atom is -0.452 e. The summed E-state index contributed by atoms with van der Waals surface area (Å²) in [6.45, 7) is 0. The number of carbonyl (C=O) groups is 1. The number of aromatic nitrogens is 2. The number of aromatic amines is 1. The summed E-state index contributed by atoms with van der Waals surface area (Å²) in [6, 6.07) is 1.49. The molecule has 2 N–H and O–H groups in total. The fourth-order valence-electron chi connectivity index (χ4n) is 0.964. The van der Waals surface area contributed by atoms with E-state index < -0.39 is 0 Å². The third-order valence-electron chi connectivity index (χ3n) is 1.59. The number of furan rings is 1. The summed E-state index contributed by atoms with van der Waals surface area (Å²) in [5, 5.41) is 2.58. The molecule has 0 atom stereocenters. The summed E-state index contributed by atoms with van der Waals surface area (Å²) in [5.74, 6) is 0.00552. The molecule has 1 amide bonds. The third-order valence-corrected chi connectivity index (χ3v) is 1.89. The molecule has 0 saturated carbocycles. The number of nitrogens with one attached hydrogen (secondary N) is 2. The number of rotatable bonds is 2. The van der Waals surface area contributed by atoms with Crippen molar-refractivity contribution >= 4 is 23.5 Å². The van der Waals surface area contributed by atoms with Crippen LogP contribution in [0.4, 0.5) is 5.95 Å². The second kappa shape index (κ2) is 3.55. The Morgan fingerprint density at radius 3 is 3.07 bits per heavy atom. The summed E-state index contributed by atoms with van der Waals surface area (Å²) in [4.78, 5) is 18.0. The van der Waals surface area contributed by atoms with Crippen LogP contribution in [0, 0.1) is 0 Å². The van der Waals surface area contributed by atoms with Crippen molar-refractivity contribution < 1.29 is 9.21 Å². The third kappa shape index (κ3) is 1.62. The van der Waals surface area contributed by atoms with Crippen LogP contribution >= 0.6 is 11.6 Å². The highest BCUT2D eigenvalue weighted by Crippen LogP contribution is 2.17. The molecule has 5 nitrogen and oxygen atoms in total. The van der Waals surface area contributed by atoms with Crippen LogP contribution in [-0.2, 0) is 0 Å². The average Bonchev–Trinajstić information content (AvgIpc) is 2.75. The molecule has 0 bridgehead atoms. The van der Waals surface area contributed by atoms with Crippen molar-refractivity contribution in [2.24, 2.45) is 0 Å². The lowest BCUT2D eigenvalue weighted by Crippen LogP contribution is -2.12. The molecule has 0 radical (unpaired) electrons. The first-order valence-corrected chi connectivity index (χ1v) is 4.19. The Hall–Kier alpha value is -1.75. The van der Waals surface area contributed by atoms with E-state index in [2.05, 4.69) is 15.3 Å². The molecule has 6 heteroatoms. The van der Waals surface area contributed by atoms with Crippen LogP contribution in [0.15, 0.2) is 29.1 Å².